The van der Waals surface area contributed by atoms with Crippen molar-refractivity contribution < 1.29 is 40.3 Å². The highest BCUT2D eigenvalue weighted by Crippen LogP contribution is 2.37. The predicted molar refractivity (Wildman–Crippen MR) is 111 cm³/mol. The minimum atomic E-state index is -5.08. The third-order valence-corrected chi connectivity index (χ3v) is 5.45. The van der Waals surface area contributed by atoms with Gasteiger partial charge in [0.15, 0.2) is 0 Å². The second-order valence-electron chi connectivity index (χ2n) is 7.87. The number of ether oxygens (including phenoxy) is 1. The third-order valence-electron chi connectivity index (χ3n) is 5.45. The molecule has 0 saturated heterocycles. The predicted octanol–water partition coefficient (Wildman–Crippen LogP) is 6.35. The molecule has 0 spiro atoms. The highest BCUT2D eigenvalue weighted by Gasteiger charge is 2.38. The Labute approximate surface area is 195 Å². The van der Waals surface area contributed by atoms with E-state index in [1.807, 2.05) is 0 Å². The van der Waals surface area contributed by atoms with Crippen molar-refractivity contribution in [2.24, 2.45) is 0 Å². The van der Waals surface area contributed by atoms with E-state index >= 15 is 0 Å². The van der Waals surface area contributed by atoms with Crippen LogP contribution in [0.3, 0.4) is 0 Å². The molecule has 11 heteroatoms. The zero-order chi connectivity index (χ0) is 25.4. The van der Waals surface area contributed by atoms with Crippen molar-refractivity contribution in [2.45, 2.75) is 25.3 Å². The summed E-state index contributed by atoms with van der Waals surface area (Å²) >= 11 is 0. The normalized spacial score (nSPS) is 14.5. The van der Waals surface area contributed by atoms with E-state index in [-0.39, 0.29) is 38.1 Å². The Morgan fingerprint density at radius 3 is 2.14 bits per heavy atom. The second kappa shape index (κ2) is 9.20. The Hall–Kier alpha value is -3.63. The maximum absolute atomic E-state index is 13.4. The molecule has 1 aromatic heterocycles. The molecule has 0 bridgehead atoms. The molecular weight excluding hydrogens is 481 g/mol. The number of nitrogens with zero attached hydrogens (tertiary/aromatic N) is 2. The van der Waals surface area contributed by atoms with Crippen LogP contribution in [0.2, 0.25) is 0 Å². The average Bonchev–Trinajstić information content (AvgIpc) is 2.78. The average molecular weight is 498 g/mol. The molecule has 1 aliphatic heterocycles. The van der Waals surface area contributed by atoms with Crippen LogP contribution in [0.25, 0.3) is 11.1 Å². The zero-order valence-corrected chi connectivity index (χ0v) is 17.9. The zero-order valence-electron chi connectivity index (χ0n) is 17.9. The summed E-state index contributed by atoms with van der Waals surface area (Å²) in [4.78, 5) is 18.5. The summed E-state index contributed by atoms with van der Waals surface area (Å²) in [7, 11) is 0. The smallest absolute Gasteiger partial charge is 0.416 e. The fourth-order valence-corrected chi connectivity index (χ4v) is 3.78. The molecular formula is C24H17F7N2O2. The molecule has 1 aliphatic rings. The van der Waals surface area contributed by atoms with E-state index in [9.17, 15) is 35.5 Å². The van der Waals surface area contributed by atoms with Crippen molar-refractivity contribution in [3.05, 3.63) is 82.8 Å². The van der Waals surface area contributed by atoms with Crippen LogP contribution < -0.4 is 4.74 Å². The van der Waals surface area contributed by atoms with Gasteiger partial charge in [0.2, 0.25) is 5.88 Å². The number of halogens is 7. The molecule has 0 saturated carbocycles. The molecule has 2 heterocycles. The molecule has 3 aromatic rings. The molecule has 0 aliphatic carbocycles. The van der Waals surface area contributed by atoms with E-state index < -0.39 is 40.8 Å². The van der Waals surface area contributed by atoms with E-state index in [0.29, 0.717) is 28.8 Å². The summed E-state index contributed by atoms with van der Waals surface area (Å²) in [6.45, 7) is -0.0486. The monoisotopic (exact) mass is 498 g/mol. The number of alkyl halides is 6. The SMILES string of the molecule is O=C(c1cc(C(F)(F)F)cc(C(F)(F)F)c1)N1CCCOc2nccc(-c3ccc(F)cc3)c2C1. The van der Waals surface area contributed by atoms with Crippen molar-refractivity contribution >= 4 is 5.91 Å². The molecule has 184 valence electrons. The fourth-order valence-electron chi connectivity index (χ4n) is 3.78. The van der Waals surface area contributed by atoms with Crippen LogP contribution in [-0.2, 0) is 18.9 Å². The Morgan fingerprint density at radius 2 is 1.54 bits per heavy atom. The Morgan fingerprint density at radius 1 is 0.914 bits per heavy atom. The van der Waals surface area contributed by atoms with Gasteiger partial charge in [-0.1, -0.05) is 12.1 Å². The van der Waals surface area contributed by atoms with Gasteiger partial charge < -0.3 is 9.64 Å². The first-order valence-electron chi connectivity index (χ1n) is 10.4. The highest BCUT2D eigenvalue weighted by atomic mass is 19.4. The van der Waals surface area contributed by atoms with Crippen LogP contribution in [-0.4, -0.2) is 28.9 Å². The van der Waals surface area contributed by atoms with Gasteiger partial charge in [-0.15, -0.1) is 0 Å². The van der Waals surface area contributed by atoms with Gasteiger partial charge in [-0.2, -0.15) is 26.3 Å². The molecule has 0 radical (unpaired) electrons. The number of pyridine rings is 1. The van der Waals surface area contributed by atoms with E-state index in [2.05, 4.69) is 4.98 Å². The van der Waals surface area contributed by atoms with Gasteiger partial charge in [-0.25, -0.2) is 9.37 Å². The number of carbonyl (C=O) groups excluding carboxylic acids is 1. The van der Waals surface area contributed by atoms with Crippen LogP contribution in [0.1, 0.15) is 33.5 Å². The topological polar surface area (TPSA) is 42.4 Å². The summed E-state index contributed by atoms with van der Waals surface area (Å²) in [6.07, 6.45) is -8.42. The molecule has 0 unspecified atom stereocenters. The molecule has 4 rings (SSSR count). The number of aromatic nitrogens is 1. The minimum absolute atomic E-state index is 0.0215. The largest absolute Gasteiger partial charge is 0.477 e. The van der Waals surface area contributed by atoms with Crippen LogP contribution in [0, 0.1) is 5.82 Å². The standard InChI is InChI=1S/C24H17F7N2O2/c25-18-4-2-14(3-5-18)19-6-7-32-21-20(19)13-33(8-1-9-35-21)22(34)15-10-16(23(26,27)28)12-17(11-15)24(29,30)31/h2-7,10-12H,1,8-9,13H2. The van der Waals surface area contributed by atoms with E-state index in [1.54, 1.807) is 6.07 Å². The number of fused-ring (bicyclic) bond motifs is 1. The van der Waals surface area contributed by atoms with Crippen LogP contribution in [0.5, 0.6) is 5.88 Å². The summed E-state index contributed by atoms with van der Waals surface area (Å²) in [5, 5.41) is 0. The van der Waals surface area contributed by atoms with Gasteiger partial charge in [0, 0.05) is 23.9 Å². The number of carbonyl (C=O) groups is 1. The van der Waals surface area contributed by atoms with E-state index in [0.717, 1.165) is 4.90 Å². The van der Waals surface area contributed by atoms with Gasteiger partial charge in [0.05, 0.1) is 24.3 Å². The molecule has 2 aromatic carbocycles. The second-order valence-corrected chi connectivity index (χ2v) is 7.87. The van der Waals surface area contributed by atoms with Crippen molar-refractivity contribution in [1.82, 2.24) is 9.88 Å². The van der Waals surface area contributed by atoms with Gasteiger partial charge >= 0.3 is 12.4 Å². The van der Waals surface area contributed by atoms with E-state index in [4.69, 9.17) is 4.74 Å². The first kappa shape index (κ1) is 24.5. The first-order chi connectivity index (χ1) is 16.4. The van der Waals surface area contributed by atoms with Gasteiger partial charge in [0.25, 0.3) is 5.91 Å². The summed E-state index contributed by atoms with van der Waals surface area (Å²) in [6, 6.07) is 7.87. The van der Waals surface area contributed by atoms with Gasteiger partial charge in [-0.05, 0) is 53.9 Å². The number of rotatable bonds is 2. The van der Waals surface area contributed by atoms with Gasteiger partial charge in [0.1, 0.15) is 5.82 Å². The maximum atomic E-state index is 13.4. The Kier molecular flexibility index (Phi) is 6.44. The van der Waals surface area contributed by atoms with Crippen LogP contribution in [0.15, 0.2) is 54.7 Å². The quantitative estimate of drug-likeness (QED) is 0.387. The lowest BCUT2D eigenvalue weighted by Crippen LogP contribution is -2.34. The number of hydrogen-bond donors (Lipinski definition) is 0. The third kappa shape index (κ3) is 5.39. The fraction of sp³-hybridized carbons (Fsp3) is 0.250. The highest BCUT2D eigenvalue weighted by molar-refractivity contribution is 5.95. The lowest BCUT2D eigenvalue weighted by Gasteiger charge is -2.28. The molecule has 0 atom stereocenters. The molecule has 0 fully saturated rings. The van der Waals surface area contributed by atoms with Crippen molar-refractivity contribution in [2.75, 3.05) is 13.2 Å². The van der Waals surface area contributed by atoms with Gasteiger partial charge in [-0.3, -0.25) is 4.79 Å². The summed E-state index contributed by atoms with van der Waals surface area (Å²) in [5.41, 5.74) is -2.37. The molecule has 35 heavy (non-hydrogen) atoms. The van der Waals surface area contributed by atoms with Crippen LogP contribution in [0.4, 0.5) is 30.7 Å². The lowest BCUT2D eigenvalue weighted by molar-refractivity contribution is -0.143. The van der Waals surface area contributed by atoms with Crippen molar-refractivity contribution in [3.8, 4) is 17.0 Å². The molecule has 0 N–H and O–H groups in total. The summed E-state index contributed by atoms with van der Waals surface area (Å²) in [5.74, 6) is -1.29. The van der Waals surface area contributed by atoms with E-state index in [1.165, 1.54) is 30.5 Å². The molecule has 4 nitrogen and oxygen atoms in total. The summed E-state index contributed by atoms with van der Waals surface area (Å²) < 4.78 is 98.8. The Balaban J connectivity index is 1.76. The first-order valence-corrected chi connectivity index (χ1v) is 10.4. The maximum Gasteiger partial charge on any atom is 0.416 e. The number of hydrogen-bond acceptors (Lipinski definition) is 3. The number of benzene rings is 2. The van der Waals surface area contributed by atoms with Crippen molar-refractivity contribution in [3.63, 3.8) is 0 Å². The minimum Gasteiger partial charge on any atom is -0.477 e. The van der Waals surface area contributed by atoms with Crippen LogP contribution >= 0.6 is 0 Å². The Bertz CT molecular complexity index is 1210. The molecule has 1 amide bonds. The lowest BCUT2D eigenvalue weighted by atomic mass is 9.99. The van der Waals surface area contributed by atoms with Crippen molar-refractivity contribution in [1.29, 1.82) is 0 Å². The number of amides is 1.